The third-order valence-electron chi connectivity index (χ3n) is 2.99. The Bertz CT molecular complexity index is 769. The second kappa shape index (κ2) is 4.11. The molecule has 0 saturated carbocycles. The van der Waals surface area contributed by atoms with Crippen LogP contribution in [0.15, 0.2) is 53.6 Å². The lowest BCUT2D eigenvalue weighted by atomic mass is 10.0. The van der Waals surface area contributed by atoms with Crippen molar-refractivity contribution in [3.63, 3.8) is 0 Å². The van der Waals surface area contributed by atoms with Crippen LogP contribution in [0.3, 0.4) is 0 Å². The Morgan fingerprint density at radius 1 is 1.11 bits per heavy atom. The summed E-state index contributed by atoms with van der Waals surface area (Å²) in [5.74, 6) is 0. The third-order valence-corrected chi connectivity index (χ3v) is 2.99. The lowest BCUT2D eigenvalue weighted by Crippen LogP contribution is -2.08. The van der Waals surface area contributed by atoms with Gasteiger partial charge in [-0.3, -0.25) is 9.78 Å². The molecule has 2 heterocycles. The smallest absolute Gasteiger partial charge is 0.255 e. The molecule has 2 aromatic heterocycles. The molecule has 0 saturated heterocycles. The second-order valence-corrected chi connectivity index (χ2v) is 4.30. The first-order valence-corrected chi connectivity index (χ1v) is 5.79. The van der Waals surface area contributed by atoms with E-state index in [0.29, 0.717) is 5.56 Å². The van der Waals surface area contributed by atoms with E-state index in [1.165, 1.54) is 0 Å². The van der Waals surface area contributed by atoms with E-state index in [9.17, 15) is 4.79 Å². The zero-order chi connectivity index (χ0) is 12.5. The van der Waals surface area contributed by atoms with Crippen LogP contribution < -0.4 is 5.56 Å². The van der Waals surface area contributed by atoms with Gasteiger partial charge in [-0.1, -0.05) is 18.2 Å². The maximum Gasteiger partial charge on any atom is 0.255 e. The Morgan fingerprint density at radius 3 is 2.83 bits per heavy atom. The van der Waals surface area contributed by atoms with Crippen molar-refractivity contribution in [3.05, 3.63) is 64.7 Å². The molecule has 0 aliphatic rings. The zero-order valence-corrected chi connectivity index (χ0v) is 9.97. The highest BCUT2D eigenvalue weighted by atomic mass is 16.1. The molecular weight excluding hydrogens is 224 g/mol. The van der Waals surface area contributed by atoms with Crippen LogP contribution in [0.25, 0.3) is 22.0 Å². The predicted octanol–water partition coefficient (Wildman–Crippen LogP) is 2.90. The Hall–Kier alpha value is -2.42. The molecule has 0 amide bonds. The van der Waals surface area contributed by atoms with Crippen LogP contribution in [0.5, 0.6) is 0 Å². The van der Waals surface area contributed by atoms with Crippen molar-refractivity contribution in [3.8, 4) is 11.1 Å². The van der Waals surface area contributed by atoms with Crippen LogP contribution in [0.4, 0.5) is 0 Å². The maximum absolute atomic E-state index is 11.9. The van der Waals surface area contributed by atoms with Crippen molar-refractivity contribution < 1.29 is 0 Å². The number of hydrogen-bond acceptors (Lipinski definition) is 2. The number of H-pyrrole nitrogens is 1. The first kappa shape index (κ1) is 10.7. The molecule has 0 aliphatic carbocycles. The molecule has 3 heteroatoms. The minimum atomic E-state index is -0.0723. The Kier molecular flexibility index (Phi) is 2.45. The number of aryl methyl sites for hydroxylation is 1. The summed E-state index contributed by atoms with van der Waals surface area (Å²) < 4.78 is 0. The second-order valence-electron chi connectivity index (χ2n) is 4.30. The van der Waals surface area contributed by atoms with Crippen molar-refractivity contribution in [1.29, 1.82) is 0 Å². The number of nitrogens with one attached hydrogen (secondary N) is 1. The molecule has 0 atom stereocenters. The zero-order valence-electron chi connectivity index (χ0n) is 9.97. The number of fused-ring (bicyclic) bond motifs is 1. The van der Waals surface area contributed by atoms with E-state index in [4.69, 9.17) is 0 Å². The van der Waals surface area contributed by atoms with Crippen molar-refractivity contribution >= 4 is 10.9 Å². The lowest BCUT2D eigenvalue weighted by Gasteiger charge is -2.05. The molecule has 1 N–H and O–H groups in total. The first-order chi connectivity index (χ1) is 8.75. The summed E-state index contributed by atoms with van der Waals surface area (Å²) in [6, 6.07) is 11.6. The number of rotatable bonds is 1. The van der Waals surface area contributed by atoms with Gasteiger partial charge in [-0.25, -0.2) is 0 Å². The van der Waals surface area contributed by atoms with E-state index in [1.807, 2.05) is 43.3 Å². The van der Waals surface area contributed by atoms with Gasteiger partial charge < -0.3 is 4.98 Å². The number of para-hydroxylation sites is 1. The van der Waals surface area contributed by atoms with Crippen molar-refractivity contribution in [2.24, 2.45) is 0 Å². The summed E-state index contributed by atoms with van der Waals surface area (Å²) in [7, 11) is 0. The van der Waals surface area contributed by atoms with Crippen molar-refractivity contribution in [2.45, 2.75) is 6.92 Å². The predicted molar refractivity (Wildman–Crippen MR) is 72.5 cm³/mol. The fourth-order valence-electron chi connectivity index (χ4n) is 2.12. The molecule has 0 aliphatic heterocycles. The molecule has 88 valence electrons. The van der Waals surface area contributed by atoms with Gasteiger partial charge in [-0.15, -0.1) is 0 Å². The number of pyridine rings is 2. The number of nitrogens with zero attached hydrogens (tertiary/aromatic N) is 1. The quantitative estimate of drug-likeness (QED) is 0.706. The molecular formula is C15H12N2O. The lowest BCUT2D eigenvalue weighted by molar-refractivity contribution is 1.20. The average molecular weight is 236 g/mol. The number of hydrogen-bond donors (Lipinski definition) is 1. The Balaban J connectivity index is 2.38. The van der Waals surface area contributed by atoms with Crippen LogP contribution in [-0.2, 0) is 0 Å². The van der Waals surface area contributed by atoms with E-state index in [-0.39, 0.29) is 5.56 Å². The maximum atomic E-state index is 11.9. The van der Waals surface area contributed by atoms with E-state index in [1.54, 1.807) is 12.4 Å². The number of benzene rings is 1. The summed E-state index contributed by atoms with van der Waals surface area (Å²) in [5, 5.41) is 0.996. The molecule has 3 nitrogen and oxygen atoms in total. The van der Waals surface area contributed by atoms with Gasteiger partial charge in [0, 0.05) is 23.3 Å². The molecule has 0 radical (unpaired) electrons. The number of aromatic amines is 1. The van der Waals surface area contributed by atoms with Crippen LogP contribution >= 0.6 is 0 Å². The highest BCUT2D eigenvalue weighted by Crippen LogP contribution is 2.24. The van der Waals surface area contributed by atoms with Crippen LogP contribution in [0.1, 0.15) is 5.56 Å². The summed E-state index contributed by atoms with van der Waals surface area (Å²) in [4.78, 5) is 19.0. The van der Waals surface area contributed by atoms with Gasteiger partial charge in [0.1, 0.15) is 0 Å². The standard InChI is InChI=1S/C15H12N2O/c1-10-8-13(15(18)17-9-10)11-6-7-16-14-5-3-2-4-12(11)14/h2-9H,1H3,(H,17,18). The van der Waals surface area contributed by atoms with Crippen LogP contribution in [0.2, 0.25) is 0 Å². The van der Waals surface area contributed by atoms with Gasteiger partial charge in [0.15, 0.2) is 0 Å². The average Bonchev–Trinajstić information content (AvgIpc) is 2.41. The summed E-state index contributed by atoms with van der Waals surface area (Å²) in [6.07, 6.45) is 3.45. The van der Waals surface area contributed by atoms with E-state index < -0.39 is 0 Å². The molecule has 0 unspecified atom stereocenters. The fourth-order valence-corrected chi connectivity index (χ4v) is 2.12. The van der Waals surface area contributed by atoms with Crippen molar-refractivity contribution in [1.82, 2.24) is 9.97 Å². The number of aromatic nitrogens is 2. The monoisotopic (exact) mass is 236 g/mol. The molecule has 0 spiro atoms. The topological polar surface area (TPSA) is 45.8 Å². The minimum Gasteiger partial charge on any atom is -0.328 e. The van der Waals surface area contributed by atoms with Gasteiger partial charge >= 0.3 is 0 Å². The van der Waals surface area contributed by atoms with Gasteiger partial charge in [0.25, 0.3) is 5.56 Å². The van der Waals surface area contributed by atoms with Crippen LogP contribution in [0, 0.1) is 6.92 Å². The summed E-state index contributed by atoms with van der Waals surface area (Å²) >= 11 is 0. The van der Waals surface area contributed by atoms with Crippen LogP contribution in [-0.4, -0.2) is 9.97 Å². The minimum absolute atomic E-state index is 0.0723. The normalized spacial score (nSPS) is 10.7. The fraction of sp³-hybridized carbons (Fsp3) is 0.0667. The molecule has 3 rings (SSSR count). The molecule has 3 aromatic rings. The SMILES string of the molecule is Cc1c[nH]c(=O)c(-c2ccnc3ccccc23)c1. The first-order valence-electron chi connectivity index (χ1n) is 5.79. The van der Waals surface area contributed by atoms with Crippen molar-refractivity contribution in [2.75, 3.05) is 0 Å². The Morgan fingerprint density at radius 2 is 1.94 bits per heavy atom. The van der Waals surface area contributed by atoms with E-state index >= 15 is 0 Å². The molecule has 1 aromatic carbocycles. The van der Waals surface area contributed by atoms with E-state index in [2.05, 4.69) is 9.97 Å². The molecule has 0 fully saturated rings. The third kappa shape index (κ3) is 1.70. The molecule has 18 heavy (non-hydrogen) atoms. The highest BCUT2D eigenvalue weighted by molar-refractivity contribution is 5.93. The highest BCUT2D eigenvalue weighted by Gasteiger charge is 2.07. The summed E-state index contributed by atoms with van der Waals surface area (Å²) in [6.45, 7) is 1.96. The molecule has 0 bridgehead atoms. The summed E-state index contributed by atoms with van der Waals surface area (Å²) in [5.41, 5.74) is 3.47. The van der Waals surface area contributed by atoms with Gasteiger partial charge in [0.2, 0.25) is 0 Å². The Labute approximate surface area is 104 Å². The largest absolute Gasteiger partial charge is 0.328 e. The van der Waals surface area contributed by atoms with Gasteiger partial charge in [0.05, 0.1) is 5.52 Å². The van der Waals surface area contributed by atoms with E-state index in [0.717, 1.165) is 22.0 Å². The van der Waals surface area contributed by atoms with Gasteiger partial charge in [-0.05, 0) is 36.2 Å². The van der Waals surface area contributed by atoms with Gasteiger partial charge in [-0.2, -0.15) is 0 Å².